The number of pyridine rings is 1. The highest BCUT2D eigenvalue weighted by Gasteiger charge is 2.15. The van der Waals surface area contributed by atoms with Crippen LogP contribution in [0.1, 0.15) is 36.0 Å². The smallest absolute Gasteiger partial charge is 0.208 e. The molecule has 0 amide bonds. The average Bonchev–Trinajstić information content (AvgIpc) is 2.68. The van der Waals surface area contributed by atoms with Gasteiger partial charge in [0.1, 0.15) is 5.76 Å². The molecule has 18 heavy (non-hydrogen) atoms. The number of hydrogen-bond donors (Lipinski definition) is 0. The van der Waals surface area contributed by atoms with E-state index < -0.39 is 0 Å². The zero-order valence-corrected chi connectivity index (χ0v) is 11.3. The molecular formula is C14H19N3O. The van der Waals surface area contributed by atoms with E-state index in [2.05, 4.69) is 21.8 Å². The van der Waals surface area contributed by atoms with E-state index in [0.717, 1.165) is 23.0 Å². The van der Waals surface area contributed by atoms with Crippen LogP contribution in [0.15, 0.2) is 28.8 Å². The molecule has 4 nitrogen and oxygen atoms in total. The van der Waals surface area contributed by atoms with Gasteiger partial charge < -0.3 is 4.42 Å². The Bertz CT molecular complexity index is 488. The summed E-state index contributed by atoms with van der Waals surface area (Å²) in [6, 6.07) is 6.20. The molecule has 0 radical (unpaired) electrons. The number of rotatable bonds is 4. The summed E-state index contributed by atoms with van der Waals surface area (Å²) in [7, 11) is 2.05. The van der Waals surface area contributed by atoms with Gasteiger partial charge in [0, 0.05) is 12.2 Å². The summed E-state index contributed by atoms with van der Waals surface area (Å²) in [6.07, 6.45) is 1.82. The van der Waals surface area contributed by atoms with Gasteiger partial charge in [-0.05, 0) is 40.0 Å². The zero-order valence-electron chi connectivity index (χ0n) is 11.3. The minimum absolute atomic E-state index is 0.235. The molecule has 2 aromatic heterocycles. The Kier molecular flexibility index (Phi) is 3.77. The predicted octanol–water partition coefficient (Wildman–Crippen LogP) is 2.88. The molecule has 2 aromatic rings. The largest absolute Gasteiger partial charge is 0.444 e. The van der Waals surface area contributed by atoms with Crippen LogP contribution in [-0.4, -0.2) is 21.9 Å². The van der Waals surface area contributed by atoms with Gasteiger partial charge in [-0.3, -0.25) is 9.88 Å². The van der Waals surface area contributed by atoms with E-state index >= 15 is 0 Å². The molecule has 1 unspecified atom stereocenters. The van der Waals surface area contributed by atoms with Crippen molar-refractivity contribution < 1.29 is 4.42 Å². The van der Waals surface area contributed by atoms with Crippen LogP contribution in [0.2, 0.25) is 0 Å². The minimum atomic E-state index is 0.235. The lowest BCUT2D eigenvalue weighted by Crippen LogP contribution is -2.22. The first-order valence-corrected chi connectivity index (χ1v) is 6.12. The van der Waals surface area contributed by atoms with Gasteiger partial charge in [-0.1, -0.05) is 6.07 Å². The van der Waals surface area contributed by atoms with E-state index in [1.165, 1.54) is 0 Å². The Morgan fingerprint density at radius 3 is 2.67 bits per heavy atom. The molecular weight excluding hydrogens is 226 g/mol. The maximum Gasteiger partial charge on any atom is 0.208 e. The Morgan fingerprint density at radius 1 is 1.33 bits per heavy atom. The maximum absolute atomic E-state index is 5.60. The third-order valence-corrected chi connectivity index (χ3v) is 3.23. The van der Waals surface area contributed by atoms with Crippen molar-refractivity contribution in [2.45, 2.75) is 33.4 Å². The minimum Gasteiger partial charge on any atom is -0.444 e. The standard InChI is InChI=1S/C14H19N3O/c1-10-12(3)18-14(16-10)9-17(4)11(2)13-7-5-6-8-15-13/h5-8,11H,9H2,1-4H3. The molecule has 0 fully saturated rings. The molecule has 2 rings (SSSR count). The van der Waals surface area contributed by atoms with Gasteiger partial charge in [0.05, 0.1) is 17.9 Å². The molecule has 0 N–H and O–H groups in total. The highest BCUT2D eigenvalue weighted by molar-refractivity contribution is 5.09. The summed E-state index contributed by atoms with van der Waals surface area (Å²) in [5.41, 5.74) is 2.02. The van der Waals surface area contributed by atoms with Gasteiger partial charge in [-0.25, -0.2) is 4.98 Å². The van der Waals surface area contributed by atoms with Gasteiger partial charge >= 0.3 is 0 Å². The first-order chi connectivity index (χ1) is 8.58. The highest BCUT2D eigenvalue weighted by Crippen LogP contribution is 2.19. The fraction of sp³-hybridized carbons (Fsp3) is 0.429. The van der Waals surface area contributed by atoms with Crippen LogP contribution in [0.5, 0.6) is 0 Å². The zero-order chi connectivity index (χ0) is 13.1. The van der Waals surface area contributed by atoms with E-state index in [1.54, 1.807) is 0 Å². The first kappa shape index (κ1) is 12.8. The molecule has 0 bridgehead atoms. The van der Waals surface area contributed by atoms with Crippen molar-refractivity contribution in [3.8, 4) is 0 Å². The molecule has 96 valence electrons. The summed E-state index contributed by atoms with van der Waals surface area (Å²) in [5.74, 6) is 1.65. The summed E-state index contributed by atoms with van der Waals surface area (Å²) >= 11 is 0. The van der Waals surface area contributed by atoms with Crippen LogP contribution in [-0.2, 0) is 6.54 Å². The molecule has 0 aliphatic carbocycles. The first-order valence-electron chi connectivity index (χ1n) is 6.12. The van der Waals surface area contributed by atoms with Crippen molar-refractivity contribution in [2.24, 2.45) is 0 Å². The summed E-state index contributed by atoms with van der Waals surface area (Å²) in [6.45, 7) is 6.72. The molecule has 0 saturated heterocycles. The lowest BCUT2D eigenvalue weighted by molar-refractivity contribution is 0.223. The van der Waals surface area contributed by atoms with Gasteiger partial charge in [0.2, 0.25) is 5.89 Å². The average molecular weight is 245 g/mol. The number of aryl methyl sites for hydroxylation is 2. The van der Waals surface area contributed by atoms with E-state index in [1.807, 2.05) is 45.3 Å². The van der Waals surface area contributed by atoms with Gasteiger partial charge in [-0.15, -0.1) is 0 Å². The fourth-order valence-electron chi connectivity index (χ4n) is 1.81. The van der Waals surface area contributed by atoms with Crippen LogP contribution < -0.4 is 0 Å². The van der Waals surface area contributed by atoms with Crippen LogP contribution >= 0.6 is 0 Å². The van der Waals surface area contributed by atoms with Gasteiger partial charge in [-0.2, -0.15) is 0 Å². The number of aromatic nitrogens is 2. The molecule has 4 heteroatoms. The van der Waals surface area contributed by atoms with Crippen molar-refractivity contribution in [3.63, 3.8) is 0 Å². The van der Waals surface area contributed by atoms with Crippen molar-refractivity contribution in [3.05, 3.63) is 47.4 Å². The predicted molar refractivity (Wildman–Crippen MR) is 70.1 cm³/mol. The van der Waals surface area contributed by atoms with Crippen LogP contribution in [0, 0.1) is 13.8 Å². The summed E-state index contributed by atoms with van der Waals surface area (Å²) in [4.78, 5) is 10.9. The van der Waals surface area contributed by atoms with Crippen molar-refractivity contribution in [1.29, 1.82) is 0 Å². The fourth-order valence-corrected chi connectivity index (χ4v) is 1.81. The van der Waals surface area contributed by atoms with Crippen LogP contribution in [0.3, 0.4) is 0 Å². The molecule has 0 aromatic carbocycles. The van der Waals surface area contributed by atoms with E-state index in [9.17, 15) is 0 Å². The lowest BCUT2D eigenvalue weighted by Gasteiger charge is -2.22. The molecule has 0 saturated carbocycles. The number of oxazole rings is 1. The van der Waals surface area contributed by atoms with Crippen molar-refractivity contribution in [2.75, 3.05) is 7.05 Å². The second-order valence-corrected chi connectivity index (χ2v) is 4.59. The molecule has 0 aliphatic heterocycles. The Hall–Kier alpha value is -1.68. The number of hydrogen-bond acceptors (Lipinski definition) is 4. The van der Waals surface area contributed by atoms with Gasteiger partial charge in [0.25, 0.3) is 0 Å². The summed E-state index contributed by atoms with van der Waals surface area (Å²) < 4.78 is 5.60. The van der Waals surface area contributed by atoms with Gasteiger partial charge in [0.15, 0.2) is 0 Å². The quantitative estimate of drug-likeness (QED) is 0.830. The Morgan fingerprint density at radius 2 is 2.11 bits per heavy atom. The SMILES string of the molecule is Cc1nc(CN(C)C(C)c2ccccn2)oc1C. The third kappa shape index (κ3) is 2.76. The third-order valence-electron chi connectivity index (χ3n) is 3.23. The molecule has 1 atom stereocenters. The van der Waals surface area contributed by atoms with Crippen LogP contribution in [0.4, 0.5) is 0 Å². The Balaban J connectivity index is 2.06. The maximum atomic E-state index is 5.60. The van der Waals surface area contributed by atoms with Crippen molar-refractivity contribution >= 4 is 0 Å². The van der Waals surface area contributed by atoms with E-state index in [0.29, 0.717) is 6.54 Å². The Labute approximate surface area is 108 Å². The monoisotopic (exact) mass is 245 g/mol. The molecule has 0 aliphatic rings. The second-order valence-electron chi connectivity index (χ2n) is 4.59. The highest BCUT2D eigenvalue weighted by atomic mass is 16.4. The lowest BCUT2D eigenvalue weighted by atomic mass is 10.2. The second kappa shape index (κ2) is 5.31. The van der Waals surface area contributed by atoms with E-state index in [-0.39, 0.29) is 6.04 Å². The summed E-state index contributed by atoms with van der Waals surface area (Å²) in [5, 5.41) is 0. The number of nitrogens with zero attached hydrogens (tertiary/aromatic N) is 3. The normalized spacial score (nSPS) is 12.9. The topological polar surface area (TPSA) is 42.2 Å². The molecule has 0 spiro atoms. The molecule has 2 heterocycles. The van der Waals surface area contributed by atoms with Crippen LogP contribution in [0.25, 0.3) is 0 Å². The van der Waals surface area contributed by atoms with E-state index in [4.69, 9.17) is 4.42 Å². The van der Waals surface area contributed by atoms with Crippen molar-refractivity contribution in [1.82, 2.24) is 14.9 Å².